The second kappa shape index (κ2) is 5.86. The number of likely N-dealkylation sites (N-methyl/N-ethyl adjacent to an activating group) is 1. The van der Waals surface area contributed by atoms with Gasteiger partial charge in [0, 0.05) is 18.6 Å². The van der Waals surface area contributed by atoms with Crippen LogP contribution in [0.15, 0.2) is 0 Å². The molecule has 2 fully saturated rings. The summed E-state index contributed by atoms with van der Waals surface area (Å²) >= 11 is 0. The first-order chi connectivity index (χ1) is 7.36. The van der Waals surface area contributed by atoms with Gasteiger partial charge in [0.05, 0.1) is 0 Å². The molecule has 2 rings (SSSR count). The molecule has 1 heterocycles. The van der Waals surface area contributed by atoms with E-state index >= 15 is 0 Å². The highest BCUT2D eigenvalue weighted by Crippen LogP contribution is 2.19. The Morgan fingerprint density at radius 2 is 1.73 bits per heavy atom. The van der Waals surface area contributed by atoms with E-state index in [2.05, 4.69) is 17.3 Å². The summed E-state index contributed by atoms with van der Waals surface area (Å²) in [6.07, 6.45) is 11.4. The number of hydrogen-bond acceptors (Lipinski definition) is 2. The van der Waals surface area contributed by atoms with Gasteiger partial charge in [-0.05, 0) is 39.3 Å². The fraction of sp³-hybridized carbons (Fsp3) is 1.00. The van der Waals surface area contributed by atoms with Gasteiger partial charge in [0.1, 0.15) is 0 Å². The van der Waals surface area contributed by atoms with Crippen molar-refractivity contribution in [2.45, 2.75) is 63.5 Å². The molecule has 2 nitrogen and oxygen atoms in total. The van der Waals surface area contributed by atoms with Gasteiger partial charge in [0.2, 0.25) is 0 Å². The van der Waals surface area contributed by atoms with Crippen LogP contribution in [-0.4, -0.2) is 37.1 Å². The van der Waals surface area contributed by atoms with Gasteiger partial charge in [-0.25, -0.2) is 0 Å². The molecule has 1 aliphatic carbocycles. The minimum Gasteiger partial charge on any atom is -0.312 e. The number of nitrogens with zero attached hydrogens (tertiary/aromatic N) is 1. The molecule has 0 aromatic carbocycles. The Morgan fingerprint density at radius 1 is 1.00 bits per heavy atom. The van der Waals surface area contributed by atoms with Crippen molar-refractivity contribution in [2.24, 2.45) is 0 Å². The zero-order chi connectivity index (χ0) is 10.5. The molecule has 1 N–H and O–H groups in total. The van der Waals surface area contributed by atoms with Crippen molar-refractivity contribution in [3.05, 3.63) is 0 Å². The summed E-state index contributed by atoms with van der Waals surface area (Å²) in [5, 5.41) is 3.78. The molecule has 15 heavy (non-hydrogen) atoms. The van der Waals surface area contributed by atoms with Gasteiger partial charge >= 0.3 is 0 Å². The molecule has 2 aliphatic rings. The van der Waals surface area contributed by atoms with Crippen LogP contribution >= 0.6 is 0 Å². The Labute approximate surface area is 94.4 Å². The van der Waals surface area contributed by atoms with Gasteiger partial charge in [-0.1, -0.05) is 25.7 Å². The maximum Gasteiger partial charge on any atom is 0.0217 e. The molecule has 1 saturated carbocycles. The van der Waals surface area contributed by atoms with Crippen LogP contribution in [0, 0.1) is 0 Å². The van der Waals surface area contributed by atoms with Gasteiger partial charge in [0.15, 0.2) is 0 Å². The van der Waals surface area contributed by atoms with Crippen LogP contribution in [0.1, 0.15) is 51.4 Å². The lowest BCUT2D eigenvalue weighted by Crippen LogP contribution is -2.46. The maximum absolute atomic E-state index is 3.78. The molecule has 0 amide bonds. The van der Waals surface area contributed by atoms with E-state index < -0.39 is 0 Å². The number of nitrogens with one attached hydrogen (secondary N) is 1. The standard InChI is InChI=1S/C13H26N2/c1-15-10-6-5-9-13(15)11-14-12-7-3-2-4-8-12/h12-14H,2-11H2,1H3. The Kier molecular flexibility index (Phi) is 4.45. The van der Waals surface area contributed by atoms with E-state index in [1.165, 1.54) is 64.5 Å². The van der Waals surface area contributed by atoms with E-state index in [1.54, 1.807) is 0 Å². The molecule has 2 heteroatoms. The second-order valence-electron chi connectivity index (χ2n) is 5.37. The molecule has 1 aliphatic heterocycles. The van der Waals surface area contributed by atoms with Crippen molar-refractivity contribution >= 4 is 0 Å². The van der Waals surface area contributed by atoms with E-state index in [9.17, 15) is 0 Å². The summed E-state index contributed by atoms with van der Waals surface area (Å²) in [6, 6.07) is 1.63. The third-order valence-electron chi connectivity index (χ3n) is 4.17. The number of rotatable bonds is 3. The quantitative estimate of drug-likeness (QED) is 0.769. The van der Waals surface area contributed by atoms with Gasteiger partial charge in [0.25, 0.3) is 0 Å². The van der Waals surface area contributed by atoms with E-state index in [0.717, 1.165) is 12.1 Å². The fourth-order valence-corrected chi connectivity index (χ4v) is 3.01. The second-order valence-corrected chi connectivity index (χ2v) is 5.37. The summed E-state index contributed by atoms with van der Waals surface area (Å²) in [6.45, 7) is 2.53. The lowest BCUT2D eigenvalue weighted by atomic mass is 9.95. The molecule has 0 bridgehead atoms. The van der Waals surface area contributed by atoms with Gasteiger partial charge in [-0.3, -0.25) is 0 Å². The largest absolute Gasteiger partial charge is 0.312 e. The van der Waals surface area contributed by atoms with Crippen molar-refractivity contribution in [1.82, 2.24) is 10.2 Å². The third kappa shape index (κ3) is 3.46. The summed E-state index contributed by atoms with van der Waals surface area (Å²) < 4.78 is 0. The van der Waals surface area contributed by atoms with Crippen LogP contribution in [0.2, 0.25) is 0 Å². The minimum absolute atomic E-state index is 0.806. The zero-order valence-corrected chi connectivity index (χ0v) is 10.2. The Hall–Kier alpha value is -0.0800. The fourth-order valence-electron chi connectivity index (χ4n) is 3.01. The van der Waals surface area contributed by atoms with E-state index in [0.29, 0.717) is 0 Å². The highest BCUT2D eigenvalue weighted by molar-refractivity contribution is 4.79. The average Bonchev–Trinajstić information content (AvgIpc) is 2.29. The Balaban J connectivity index is 1.67. The predicted octanol–water partition coefficient (Wildman–Crippen LogP) is 2.39. The first-order valence-electron chi connectivity index (χ1n) is 6.80. The van der Waals surface area contributed by atoms with Crippen molar-refractivity contribution in [3.63, 3.8) is 0 Å². The average molecular weight is 210 g/mol. The summed E-state index contributed by atoms with van der Waals surface area (Å²) in [5.41, 5.74) is 0. The SMILES string of the molecule is CN1CCCCC1CNC1CCCCC1. The molecule has 0 spiro atoms. The van der Waals surface area contributed by atoms with E-state index in [1.807, 2.05) is 0 Å². The monoisotopic (exact) mass is 210 g/mol. The van der Waals surface area contributed by atoms with Crippen molar-refractivity contribution in [1.29, 1.82) is 0 Å². The summed E-state index contributed by atoms with van der Waals surface area (Å²) in [7, 11) is 2.28. The van der Waals surface area contributed by atoms with Crippen LogP contribution in [0.4, 0.5) is 0 Å². The first-order valence-corrected chi connectivity index (χ1v) is 6.80. The van der Waals surface area contributed by atoms with Crippen molar-refractivity contribution in [3.8, 4) is 0 Å². The highest BCUT2D eigenvalue weighted by Gasteiger charge is 2.20. The van der Waals surface area contributed by atoms with Gasteiger partial charge < -0.3 is 10.2 Å². The topological polar surface area (TPSA) is 15.3 Å². The van der Waals surface area contributed by atoms with Gasteiger partial charge in [-0.2, -0.15) is 0 Å². The van der Waals surface area contributed by atoms with Crippen LogP contribution in [0.25, 0.3) is 0 Å². The maximum atomic E-state index is 3.78. The molecule has 0 aromatic rings. The molecule has 1 unspecified atom stereocenters. The Morgan fingerprint density at radius 3 is 2.47 bits per heavy atom. The highest BCUT2D eigenvalue weighted by atomic mass is 15.2. The van der Waals surface area contributed by atoms with E-state index in [4.69, 9.17) is 0 Å². The van der Waals surface area contributed by atoms with Crippen LogP contribution in [0.5, 0.6) is 0 Å². The molecule has 88 valence electrons. The first kappa shape index (κ1) is 11.4. The van der Waals surface area contributed by atoms with Crippen LogP contribution < -0.4 is 5.32 Å². The molecule has 1 atom stereocenters. The predicted molar refractivity (Wildman–Crippen MR) is 65.1 cm³/mol. The Bertz CT molecular complexity index is 175. The van der Waals surface area contributed by atoms with Crippen LogP contribution in [0.3, 0.4) is 0 Å². The molecule has 0 aromatic heterocycles. The lowest BCUT2D eigenvalue weighted by Gasteiger charge is -2.34. The smallest absolute Gasteiger partial charge is 0.0217 e. The van der Waals surface area contributed by atoms with E-state index in [-0.39, 0.29) is 0 Å². The lowest BCUT2D eigenvalue weighted by molar-refractivity contribution is 0.174. The number of likely N-dealkylation sites (tertiary alicyclic amines) is 1. The zero-order valence-electron chi connectivity index (χ0n) is 10.2. The van der Waals surface area contributed by atoms with Gasteiger partial charge in [-0.15, -0.1) is 0 Å². The normalized spacial score (nSPS) is 30.6. The minimum atomic E-state index is 0.806. The van der Waals surface area contributed by atoms with Crippen LogP contribution in [-0.2, 0) is 0 Å². The van der Waals surface area contributed by atoms with Crippen molar-refractivity contribution < 1.29 is 0 Å². The summed E-state index contributed by atoms with van der Waals surface area (Å²) in [4.78, 5) is 2.54. The molecule has 0 radical (unpaired) electrons. The number of piperidine rings is 1. The molecular weight excluding hydrogens is 184 g/mol. The third-order valence-corrected chi connectivity index (χ3v) is 4.17. The number of hydrogen-bond donors (Lipinski definition) is 1. The summed E-state index contributed by atoms with van der Waals surface area (Å²) in [5.74, 6) is 0. The molecule has 1 saturated heterocycles. The van der Waals surface area contributed by atoms with Crippen molar-refractivity contribution in [2.75, 3.05) is 20.1 Å². The molecular formula is C13H26N2.